The molecule has 1 N–H and O–H groups in total. The number of halogens is 2. The molecule has 0 unspecified atom stereocenters. The van der Waals surface area contributed by atoms with Gasteiger partial charge in [0.15, 0.2) is 5.75 Å². The standard InChI is InChI=1S/C16H11ClFN3O4/c17-12-13-9(5-10(18)14(12)20-4-3-19-7-20)15(22)11(25-16(23)24)6-21(13)8-1-2-8/h3-8H,1-2H2,(H,23,24). The van der Waals surface area contributed by atoms with Crippen molar-refractivity contribution in [1.29, 1.82) is 0 Å². The van der Waals surface area contributed by atoms with Gasteiger partial charge in [0.05, 0.1) is 28.4 Å². The molecule has 0 radical (unpaired) electrons. The fourth-order valence-electron chi connectivity index (χ4n) is 2.84. The Balaban J connectivity index is 2.08. The fourth-order valence-corrected chi connectivity index (χ4v) is 3.23. The van der Waals surface area contributed by atoms with Crippen molar-refractivity contribution in [2.24, 2.45) is 0 Å². The molecule has 4 rings (SSSR count). The molecule has 1 fully saturated rings. The summed E-state index contributed by atoms with van der Waals surface area (Å²) in [5.74, 6) is -1.10. The molecule has 0 saturated heterocycles. The van der Waals surface area contributed by atoms with E-state index in [0.717, 1.165) is 18.9 Å². The van der Waals surface area contributed by atoms with Gasteiger partial charge in [-0.2, -0.15) is 0 Å². The largest absolute Gasteiger partial charge is 0.511 e. The van der Waals surface area contributed by atoms with E-state index < -0.39 is 17.4 Å². The van der Waals surface area contributed by atoms with E-state index >= 15 is 0 Å². The summed E-state index contributed by atoms with van der Waals surface area (Å²) >= 11 is 6.44. The highest BCUT2D eigenvalue weighted by atomic mass is 35.5. The maximum atomic E-state index is 14.6. The average Bonchev–Trinajstić information content (AvgIpc) is 3.26. The van der Waals surface area contributed by atoms with Gasteiger partial charge in [-0.3, -0.25) is 4.79 Å². The maximum absolute atomic E-state index is 14.6. The Morgan fingerprint density at radius 1 is 1.44 bits per heavy atom. The SMILES string of the molecule is O=C(O)Oc1cn(C2CC2)c2c(Cl)c(-n3ccnc3)c(F)cc2c1=O. The van der Waals surface area contributed by atoms with Gasteiger partial charge in [-0.25, -0.2) is 14.2 Å². The molecule has 1 aliphatic carbocycles. The van der Waals surface area contributed by atoms with E-state index in [1.54, 1.807) is 4.57 Å². The molecule has 1 saturated carbocycles. The molecule has 0 aliphatic heterocycles. The number of carboxylic acid groups (broad SMARTS) is 1. The number of ether oxygens (including phenoxy) is 1. The van der Waals surface area contributed by atoms with Crippen LogP contribution in [0.25, 0.3) is 16.6 Å². The molecule has 7 nitrogen and oxygen atoms in total. The second-order valence-electron chi connectivity index (χ2n) is 5.72. The Kier molecular flexibility index (Phi) is 3.50. The van der Waals surface area contributed by atoms with Crippen LogP contribution in [0, 0.1) is 5.82 Å². The number of hydrogen-bond acceptors (Lipinski definition) is 4. The van der Waals surface area contributed by atoms with Crippen molar-refractivity contribution in [2.45, 2.75) is 18.9 Å². The van der Waals surface area contributed by atoms with E-state index in [1.165, 1.54) is 29.5 Å². The van der Waals surface area contributed by atoms with Crippen LogP contribution in [0.2, 0.25) is 5.02 Å². The lowest BCUT2D eigenvalue weighted by Gasteiger charge is -2.16. The average molecular weight is 364 g/mol. The number of rotatable bonds is 3. The number of hydrogen-bond donors (Lipinski definition) is 1. The summed E-state index contributed by atoms with van der Waals surface area (Å²) in [4.78, 5) is 27.2. The molecule has 3 aromatic rings. The van der Waals surface area contributed by atoms with Crippen molar-refractivity contribution in [2.75, 3.05) is 0 Å². The van der Waals surface area contributed by atoms with Gasteiger partial charge in [0.1, 0.15) is 11.5 Å². The summed E-state index contributed by atoms with van der Waals surface area (Å²) in [5, 5.41) is 8.83. The number of aromatic nitrogens is 3. The van der Waals surface area contributed by atoms with E-state index in [2.05, 4.69) is 9.72 Å². The van der Waals surface area contributed by atoms with Crippen LogP contribution in [0.15, 0.2) is 35.8 Å². The van der Waals surface area contributed by atoms with Crippen LogP contribution in [0.5, 0.6) is 5.75 Å². The Morgan fingerprint density at radius 3 is 2.80 bits per heavy atom. The number of nitrogens with zero attached hydrogens (tertiary/aromatic N) is 3. The van der Waals surface area contributed by atoms with Crippen LogP contribution in [0.1, 0.15) is 18.9 Å². The first-order valence-electron chi connectivity index (χ1n) is 7.43. The highest BCUT2D eigenvalue weighted by Gasteiger charge is 2.29. The minimum absolute atomic E-state index is 0.0305. The molecule has 9 heteroatoms. The van der Waals surface area contributed by atoms with Crippen LogP contribution >= 0.6 is 11.6 Å². The molecule has 2 aromatic heterocycles. The van der Waals surface area contributed by atoms with Crippen LogP contribution in [-0.2, 0) is 0 Å². The molecule has 0 amide bonds. The molecule has 1 aromatic carbocycles. The third-order valence-electron chi connectivity index (χ3n) is 4.05. The topological polar surface area (TPSA) is 86.3 Å². The molecule has 128 valence electrons. The van der Waals surface area contributed by atoms with E-state index in [4.69, 9.17) is 16.7 Å². The summed E-state index contributed by atoms with van der Waals surface area (Å²) < 4.78 is 22.3. The number of pyridine rings is 1. The highest BCUT2D eigenvalue weighted by molar-refractivity contribution is 6.37. The summed E-state index contributed by atoms with van der Waals surface area (Å²) in [5.41, 5.74) is -0.309. The van der Waals surface area contributed by atoms with Crippen molar-refractivity contribution in [3.63, 3.8) is 0 Å². The zero-order chi connectivity index (χ0) is 17.7. The van der Waals surface area contributed by atoms with E-state index in [1.807, 2.05) is 0 Å². The summed E-state index contributed by atoms with van der Waals surface area (Å²) in [6.45, 7) is 0. The lowest BCUT2D eigenvalue weighted by atomic mass is 10.1. The van der Waals surface area contributed by atoms with Crippen molar-refractivity contribution < 1.29 is 19.0 Å². The van der Waals surface area contributed by atoms with Crippen LogP contribution in [0.3, 0.4) is 0 Å². The first-order valence-corrected chi connectivity index (χ1v) is 7.81. The first kappa shape index (κ1) is 15.6. The predicted octanol–water partition coefficient (Wildman–Crippen LogP) is 3.37. The van der Waals surface area contributed by atoms with Crippen LogP contribution < -0.4 is 10.2 Å². The molecule has 2 heterocycles. The smallest absolute Gasteiger partial charge is 0.449 e. The lowest BCUT2D eigenvalue weighted by molar-refractivity contribution is 0.143. The molecule has 0 spiro atoms. The third-order valence-corrected chi connectivity index (χ3v) is 4.41. The van der Waals surface area contributed by atoms with E-state index in [0.29, 0.717) is 5.52 Å². The van der Waals surface area contributed by atoms with Crippen molar-refractivity contribution in [3.05, 3.63) is 52.0 Å². The van der Waals surface area contributed by atoms with Crippen LogP contribution in [0.4, 0.5) is 9.18 Å². The molecule has 0 atom stereocenters. The van der Waals surface area contributed by atoms with Crippen molar-refractivity contribution >= 4 is 28.7 Å². The van der Waals surface area contributed by atoms with Crippen LogP contribution in [-0.4, -0.2) is 25.4 Å². The van der Waals surface area contributed by atoms with Gasteiger partial charge in [-0.1, -0.05) is 11.6 Å². The molecular weight excluding hydrogens is 353 g/mol. The van der Waals surface area contributed by atoms with Crippen molar-refractivity contribution in [1.82, 2.24) is 14.1 Å². The summed E-state index contributed by atoms with van der Waals surface area (Å²) in [6.07, 6.45) is 5.82. The van der Waals surface area contributed by atoms with Crippen molar-refractivity contribution in [3.8, 4) is 11.4 Å². The normalized spacial score (nSPS) is 14.0. The van der Waals surface area contributed by atoms with E-state index in [9.17, 15) is 14.0 Å². The maximum Gasteiger partial charge on any atom is 0.511 e. The summed E-state index contributed by atoms with van der Waals surface area (Å²) in [7, 11) is 0. The Bertz CT molecular complexity index is 1060. The highest BCUT2D eigenvalue weighted by Crippen LogP contribution is 2.41. The second-order valence-corrected chi connectivity index (χ2v) is 6.09. The van der Waals surface area contributed by atoms with Gasteiger partial charge in [0.25, 0.3) is 0 Å². The van der Waals surface area contributed by atoms with Gasteiger partial charge in [-0.15, -0.1) is 0 Å². The fraction of sp³-hybridized carbons (Fsp3) is 0.188. The zero-order valence-electron chi connectivity index (χ0n) is 12.6. The Labute approximate surface area is 144 Å². The first-order chi connectivity index (χ1) is 12.0. The van der Waals surface area contributed by atoms with Gasteiger partial charge in [0.2, 0.25) is 5.43 Å². The molecule has 0 bridgehead atoms. The minimum Gasteiger partial charge on any atom is -0.449 e. The number of fused-ring (bicyclic) bond motifs is 1. The predicted molar refractivity (Wildman–Crippen MR) is 87.2 cm³/mol. The van der Waals surface area contributed by atoms with E-state index in [-0.39, 0.29) is 27.9 Å². The summed E-state index contributed by atoms with van der Waals surface area (Å²) in [6, 6.07) is 1.10. The monoisotopic (exact) mass is 363 g/mol. The minimum atomic E-state index is -1.61. The molecule has 1 aliphatic rings. The number of carbonyl (C=O) groups is 1. The van der Waals surface area contributed by atoms with Gasteiger partial charge in [0, 0.05) is 18.4 Å². The number of imidazole rings is 1. The lowest BCUT2D eigenvalue weighted by Crippen LogP contribution is -2.17. The Hall–Kier alpha value is -2.87. The zero-order valence-corrected chi connectivity index (χ0v) is 13.4. The van der Waals surface area contributed by atoms with Gasteiger partial charge >= 0.3 is 6.16 Å². The second kappa shape index (κ2) is 5.59. The molecular formula is C16H11ClFN3O4. The van der Waals surface area contributed by atoms with Gasteiger partial charge < -0.3 is 19.0 Å². The molecule has 25 heavy (non-hydrogen) atoms. The quantitative estimate of drug-likeness (QED) is 0.721. The third kappa shape index (κ3) is 2.54. The van der Waals surface area contributed by atoms with Gasteiger partial charge in [-0.05, 0) is 18.9 Å². The number of benzene rings is 1. The Morgan fingerprint density at radius 2 is 2.20 bits per heavy atom.